The van der Waals surface area contributed by atoms with Gasteiger partial charge in [0.05, 0.1) is 0 Å². The van der Waals surface area contributed by atoms with E-state index in [0.717, 1.165) is 22.8 Å². The Hall–Kier alpha value is -1.97. The molecule has 1 aromatic heterocycles. The largest absolute Gasteiger partial charge is 0.340 e. The van der Waals surface area contributed by atoms with Crippen LogP contribution in [-0.4, -0.2) is 9.97 Å². The van der Waals surface area contributed by atoms with Crippen molar-refractivity contribution in [2.45, 2.75) is 13.8 Å². The van der Waals surface area contributed by atoms with Crippen LogP contribution in [0, 0.1) is 19.7 Å². The summed E-state index contributed by atoms with van der Waals surface area (Å²) in [5, 5.41) is 3.12. The van der Waals surface area contributed by atoms with Gasteiger partial charge in [-0.1, -0.05) is 0 Å². The van der Waals surface area contributed by atoms with Crippen molar-refractivity contribution in [3.63, 3.8) is 0 Å². The van der Waals surface area contributed by atoms with Crippen LogP contribution >= 0.6 is 0 Å². The Balaban J connectivity index is 2.27. The first kappa shape index (κ1) is 10.5. The number of hydrogen-bond donors (Lipinski definition) is 1. The molecule has 0 aliphatic rings. The van der Waals surface area contributed by atoms with E-state index in [-0.39, 0.29) is 5.82 Å². The second-order valence-corrected chi connectivity index (χ2v) is 3.56. The van der Waals surface area contributed by atoms with Gasteiger partial charge in [-0.15, -0.1) is 0 Å². The zero-order valence-electron chi connectivity index (χ0n) is 9.16. The molecule has 0 atom stereocenters. The molecule has 82 valence electrons. The van der Waals surface area contributed by atoms with E-state index in [4.69, 9.17) is 0 Å². The van der Waals surface area contributed by atoms with Crippen LogP contribution in [-0.2, 0) is 0 Å². The fraction of sp³-hybridized carbons (Fsp3) is 0.167. The molecule has 0 aliphatic carbocycles. The van der Waals surface area contributed by atoms with Crippen molar-refractivity contribution in [2.75, 3.05) is 5.32 Å². The summed E-state index contributed by atoms with van der Waals surface area (Å²) < 4.78 is 12.7. The van der Waals surface area contributed by atoms with E-state index in [1.807, 2.05) is 13.8 Å². The van der Waals surface area contributed by atoms with Crippen molar-refractivity contribution in [3.05, 3.63) is 47.7 Å². The Kier molecular flexibility index (Phi) is 2.81. The molecule has 0 amide bonds. The maximum absolute atomic E-state index is 12.7. The summed E-state index contributed by atoms with van der Waals surface area (Å²) in [4.78, 5) is 8.22. The monoisotopic (exact) mass is 217 g/mol. The van der Waals surface area contributed by atoms with Gasteiger partial charge in [-0.05, 0) is 38.1 Å². The van der Waals surface area contributed by atoms with E-state index >= 15 is 0 Å². The third-order valence-electron chi connectivity index (χ3n) is 2.44. The van der Waals surface area contributed by atoms with Gasteiger partial charge in [0.1, 0.15) is 18.0 Å². The van der Waals surface area contributed by atoms with Gasteiger partial charge in [0.25, 0.3) is 0 Å². The molecule has 0 saturated carbocycles. The molecule has 1 aromatic carbocycles. The molecule has 0 spiro atoms. The summed E-state index contributed by atoms with van der Waals surface area (Å²) in [6, 6.07) is 6.16. The maximum atomic E-state index is 12.7. The van der Waals surface area contributed by atoms with E-state index in [1.54, 1.807) is 12.1 Å². The predicted molar refractivity (Wildman–Crippen MR) is 61.2 cm³/mol. The molecule has 0 saturated heterocycles. The predicted octanol–water partition coefficient (Wildman–Crippen LogP) is 2.98. The van der Waals surface area contributed by atoms with Gasteiger partial charge >= 0.3 is 0 Å². The molecule has 0 unspecified atom stereocenters. The van der Waals surface area contributed by atoms with Crippen molar-refractivity contribution in [1.29, 1.82) is 0 Å². The van der Waals surface area contributed by atoms with Gasteiger partial charge in [-0.2, -0.15) is 0 Å². The number of aromatic nitrogens is 2. The van der Waals surface area contributed by atoms with E-state index in [0.29, 0.717) is 0 Å². The number of nitrogens with one attached hydrogen (secondary N) is 1. The Morgan fingerprint density at radius 3 is 2.44 bits per heavy atom. The van der Waals surface area contributed by atoms with E-state index < -0.39 is 0 Å². The van der Waals surface area contributed by atoms with E-state index in [9.17, 15) is 4.39 Å². The van der Waals surface area contributed by atoms with Gasteiger partial charge in [0.2, 0.25) is 0 Å². The Morgan fingerprint density at radius 1 is 1.06 bits per heavy atom. The molecule has 1 heterocycles. The molecule has 0 aliphatic heterocycles. The first-order valence-corrected chi connectivity index (χ1v) is 4.97. The summed E-state index contributed by atoms with van der Waals surface area (Å²) in [5.41, 5.74) is 2.73. The zero-order chi connectivity index (χ0) is 11.5. The number of halogens is 1. The molecular weight excluding hydrogens is 205 g/mol. The minimum absolute atomic E-state index is 0.249. The van der Waals surface area contributed by atoms with Gasteiger partial charge in [-0.25, -0.2) is 14.4 Å². The number of benzene rings is 1. The molecule has 3 nitrogen and oxygen atoms in total. The molecule has 2 rings (SSSR count). The SMILES string of the molecule is Cc1ncnc(Nc2ccc(F)cc2)c1C. The molecule has 0 fully saturated rings. The Morgan fingerprint density at radius 2 is 1.75 bits per heavy atom. The summed E-state index contributed by atoms with van der Waals surface area (Å²) in [5.74, 6) is 0.500. The fourth-order valence-electron chi connectivity index (χ4n) is 1.33. The minimum atomic E-state index is -0.249. The molecule has 0 bridgehead atoms. The Bertz CT molecular complexity index is 494. The molecule has 0 radical (unpaired) electrons. The lowest BCUT2D eigenvalue weighted by atomic mass is 10.2. The molecule has 16 heavy (non-hydrogen) atoms. The molecule has 2 aromatic rings. The van der Waals surface area contributed by atoms with Crippen molar-refractivity contribution < 1.29 is 4.39 Å². The third-order valence-corrected chi connectivity index (χ3v) is 2.44. The lowest BCUT2D eigenvalue weighted by Crippen LogP contribution is -1.99. The summed E-state index contributed by atoms with van der Waals surface area (Å²) in [6.45, 7) is 3.87. The van der Waals surface area contributed by atoms with Gasteiger partial charge < -0.3 is 5.32 Å². The standard InChI is InChI=1S/C12H12FN3/c1-8-9(2)14-7-15-12(8)16-11-5-3-10(13)4-6-11/h3-7H,1-2H3,(H,14,15,16). The Labute approximate surface area is 93.4 Å². The number of aryl methyl sites for hydroxylation is 1. The maximum Gasteiger partial charge on any atom is 0.136 e. The van der Waals surface area contributed by atoms with Gasteiger partial charge in [0.15, 0.2) is 0 Å². The highest BCUT2D eigenvalue weighted by atomic mass is 19.1. The zero-order valence-corrected chi connectivity index (χ0v) is 9.16. The van der Waals surface area contributed by atoms with Crippen LogP contribution in [0.1, 0.15) is 11.3 Å². The quantitative estimate of drug-likeness (QED) is 0.840. The van der Waals surface area contributed by atoms with Crippen molar-refractivity contribution in [2.24, 2.45) is 0 Å². The minimum Gasteiger partial charge on any atom is -0.340 e. The normalized spacial score (nSPS) is 10.2. The number of rotatable bonds is 2. The highest BCUT2D eigenvalue weighted by Gasteiger charge is 2.03. The second kappa shape index (κ2) is 4.26. The van der Waals surface area contributed by atoms with Crippen molar-refractivity contribution in [1.82, 2.24) is 9.97 Å². The summed E-state index contributed by atoms with van der Waals surface area (Å²) >= 11 is 0. The van der Waals surface area contributed by atoms with Crippen molar-refractivity contribution in [3.8, 4) is 0 Å². The third kappa shape index (κ3) is 2.16. The summed E-state index contributed by atoms with van der Waals surface area (Å²) in [6.07, 6.45) is 1.51. The highest BCUT2D eigenvalue weighted by Crippen LogP contribution is 2.18. The first-order chi connectivity index (χ1) is 7.66. The topological polar surface area (TPSA) is 37.8 Å². The molecular formula is C12H12FN3. The average Bonchev–Trinajstić information content (AvgIpc) is 2.28. The van der Waals surface area contributed by atoms with Crippen LogP contribution in [0.15, 0.2) is 30.6 Å². The smallest absolute Gasteiger partial charge is 0.136 e. The van der Waals surface area contributed by atoms with Crippen molar-refractivity contribution >= 4 is 11.5 Å². The fourth-order valence-corrected chi connectivity index (χ4v) is 1.33. The highest BCUT2D eigenvalue weighted by molar-refractivity contribution is 5.59. The van der Waals surface area contributed by atoms with Crippen LogP contribution < -0.4 is 5.32 Å². The van der Waals surface area contributed by atoms with Gasteiger partial charge in [0, 0.05) is 16.9 Å². The number of hydrogen-bond acceptors (Lipinski definition) is 3. The lowest BCUT2D eigenvalue weighted by molar-refractivity contribution is 0.628. The second-order valence-electron chi connectivity index (χ2n) is 3.56. The van der Waals surface area contributed by atoms with Crippen LogP contribution in [0.2, 0.25) is 0 Å². The van der Waals surface area contributed by atoms with Crippen LogP contribution in [0.4, 0.5) is 15.9 Å². The molecule has 4 heteroatoms. The number of nitrogens with zero attached hydrogens (tertiary/aromatic N) is 2. The number of anilines is 2. The van der Waals surface area contributed by atoms with E-state index in [1.165, 1.54) is 18.5 Å². The van der Waals surface area contributed by atoms with E-state index in [2.05, 4.69) is 15.3 Å². The average molecular weight is 217 g/mol. The van der Waals surface area contributed by atoms with Gasteiger partial charge in [-0.3, -0.25) is 0 Å². The molecule has 1 N–H and O–H groups in total. The first-order valence-electron chi connectivity index (χ1n) is 4.97. The van der Waals surface area contributed by atoms with Crippen LogP contribution in [0.25, 0.3) is 0 Å². The van der Waals surface area contributed by atoms with Crippen LogP contribution in [0.3, 0.4) is 0 Å². The summed E-state index contributed by atoms with van der Waals surface area (Å²) in [7, 11) is 0. The van der Waals surface area contributed by atoms with Crippen LogP contribution in [0.5, 0.6) is 0 Å². The lowest BCUT2D eigenvalue weighted by Gasteiger charge is -2.09.